The molecule has 1 aromatic heterocycles. The minimum absolute atomic E-state index is 0.110. The summed E-state index contributed by atoms with van der Waals surface area (Å²) in [6, 6.07) is 6.46. The van der Waals surface area contributed by atoms with Gasteiger partial charge in [-0.1, -0.05) is 0 Å². The Morgan fingerprint density at radius 2 is 2.08 bits per heavy atom. The van der Waals surface area contributed by atoms with Crippen molar-refractivity contribution in [3.05, 3.63) is 46.8 Å². The van der Waals surface area contributed by atoms with Gasteiger partial charge in [0, 0.05) is 29.9 Å². The third kappa shape index (κ3) is 1.33. The molecule has 0 aliphatic rings. The van der Waals surface area contributed by atoms with Crippen molar-refractivity contribution in [3.63, 3.8) is 0 Å². The molecule has 0 saturated carbocycles. The number of rotatable bonds is 1. The van der Waals surface area contributed by atoms with E-state index in [9.17, 15) is 10.1 Å². The first-order valence-corrected chi connectivity index (χ1v) is 3.75. The Kier molecular flexibility index (Phi) is 1.66. The van der Waals surface area contributed by atoms with Crippen LogP contribution in [0.25, 0.3) is 10.8 Å². The number of hydrogen-bond acceptors (Lipinski definition) is 3. The fourth-order valence-electron chi connectivity index (χ4n) is 1.18. The third-order valence-corrected chi connectivity index (χ3v) is 1.83. The highest BCUT2D eigenvalue weighted by Gasteiger charge is 2.04. The quantitative estimate of drug-likeness (QED) is 0.491. The van der Waals surface area contributed by atoms with Crippen molar-refractivity contribution in [2.45, 2.75) is 0 Å². The highest BCUT2D eigenvalue weighted by atomic mass is 16.6. The lowest BCUT2D eigenvalue weighted by molar-refractivity contribution is -0.384. The summed E-state index contributed by atoms with van der Waals surface area (Å²) in [7, 11) is 0. The van der Waals surface area contributed by atoms with Crippen molar-refractivity contribution < 1.29 is 4.92 Å². The van der Waals surface area contributed by atoms with Gasteiger partial charge in [0.2, 0.25) is 0 Å². The molecule has 0 atom stereocenters. The van der Waals surface area contributed by atoms with Crippen LogP contribution in [-0.4, -0.2) is 9.91 Å². The molecule has 4 nitrogen and oxygen atoms in total. The predicted molar refractivity (Wildman–Crippen MR) is 48.4 cm³/mol. The average Bonchev–Trinajstić information content (AvgIpc) is 2.17. The van der Waals surface area contributed by atoms with Gasteiger partial charge < -0.3 is 0 Å². The maximum Gasteiger partial charge on any atom is 0.270 e. The lowest BCUT2D eigenvalue weighted by atomic mass is 10.1. The van der Waals surface area contributed by atoms with Gasteiger partial charge in [-0.05, 0) is 17.5 Å². The number of nitro benzene ring substituents is 1. The Morgan fingerprint density at radius 3 is 2.85 bits per heavy atom. The van der Waals surface area contributed by atoms with E-state index in [2.05, 4.69) is 4.98 Å². The van der Waals surface area contributed by atoms with Crippen LogP contribution in [0.2, 0.25) is 0 Å². The van der Waals surface area contributed by atoms with Crippen LogP contribution in [0.5, 0.6) is 0 Å². The Hall–Kier alpha value is -1.97. The summed E-state index contributed by atoms with van der Waals surface area (Å²) < 4.78 is 0. The second-order valence-corrected chi connectivity index (χ2v) is 2.66. The molecule has 1 heterocycles. The summed E-state index contributed by atoms with van der Waals surface area (Å²) >= 11 is 0. The molecule has 2 aromatic rings. The van der Waals surface area contributed by atoms with Gasteiger partial charge in [0.1, 0.15) is 0 Å². The van der Waals surface area contributed by atoms with Crippen LogP contribution in [0, 0.1) is 10.1 Å². The molecule has 4 heteroatoms. The second-order valence-electron chi connectivity index (χ2n) is 2.66. The van der Waals surface area contributed by atoms with E-state index in [4.69, 9.17) is 0 Å². The molecule has 13 heavy (non-hydrogen) atoms. The first-order chi connectivity index (χ1) is 6.27. The number of non-ortho nitro benzene ring substituents is 1. The van der Waals surface area contributed by atoms with Crippen molar-refractivity contribution >= 4 is 16.5 Å². The van der Waals surface area contributed by atoms with Crippen molar-refractivity contribution in [3.8, 4) is 0 Å². The average molecular weight is 174 g/mol. The fourth-order valence-corrected chi connectivity index (χ4v) is 1.18. The minimum Gasteiger partial charge on any atom is -0.264 e. The fraction of sp³-hybridized carbons (Fsp3) is 0. The largest absolute Gasteiger partial charge is 0.270 e. The zero-order chi connectivity index (χ0) is 9.26. The Morgan fingerprint density at radius 1 is 1.23 bits per heavy atom. The van der Waals surface area contributed by atoms with E-state index in [0.29, 0.717) is 0 Å². The van der Waals surface area contributed by atoms with Gasteiger partial charge in [-0.25, -0.2) is 0 Å². The van der Waals surface area contributed by atoms with Gasteiger partial charge in [-0.2, -0.15) is 0 Å². The van der Waals surface area contributed by atoms with Crippen molar-refractivity contribution in [2.75, 3.05) is 0 Å². The molecule has 2 rings (SSSR count). The maximum absolute atomic E-state index is 10.4. The maximum atomic E-state index is 10.4. The van der Waals surface area contributed by atoms with Crippen LogP contribution in [0.4, 0.5) is 5.69 Å². The van der Waals surface area contributed by atoms with E-state index in [1.165, 1.54) is 12.1 Å². The molecule has 0 aliphatic carbocycles. The molecular weight excluding hydrogens is 168 g/mol. The van der Waals surface area contributed by atoms with Crippen LogP contribution in [0.15, 0.2) is 36.7 Å². The van der Waals surface area contributed by atoms with Crippen LogP contribution >= 0.6 is 0 Å². The summed E-state index contributed by atoms with van der Waals surface area (Å²) in [5, 5.41) is 12.2. The molecule has 0 radical (unpaired) electrons. The number of aromatic nitrogens is 1. The van der Waals surface area contributed by atoms with Gasteiger partial charge in [-0.15, -0.1) is 0 Å². The molecular formula is C9H6N2O2. The van der Waals surface area contributed by atoms with Crippen molar-refractivity contribution in [2.24, 2.45) is 0 Å². The lowest BCUT2D eigenvalue weighted by Crippen LogP contribution is -1.87. The third-order valence-electron chi connectivity index (χ3n) is 1.83. The monoisotopic (exact) mass is 174 g/mol. The number of benzene rings is 1. The minimum atomic E-state index is -0.403. The Balaban J connectivity index is 2.69. The Bertz CT molecular complexity index is 468. The first-order valence-electron chi connectivity index (χ1n) is 3.75. The van der Waals surface area contributed by atoms with Crippen LogP contribution < -0.4 is 0 Å². The second kappa shape index (κ2) is 2.82. The summed E-state index contributed by atoms with van der Waals surface area (Å²) in [5.74, 6) is 0. The van der Waals surface area contributed by atoms with E-state index in [1.54, 1.807) is 24.5 Å². The van der Waals surface area contributed by atoms with E-state index in [1.807, 2.05) is 0 Å². The summed E-state index contributed by atoms with van der Waals surface area (Å²) in [6.07, 6.45) is 3.30. The van der Waals surface area contributed by atoms with E-state index >= 15 is 0 Å². The lowest BCUT2D eigenvalue weighted by Gasteiger charge is -1.95. The number of hydrogen-bond donors (Lipinski definition) is 0. The highest BCUT2D eigenvalue weighted by molar-refractivity contribution is 5.83. The smallest absolute Gasteiger partial charge is 0.264 e. The van der Waals surface area contributed by atoms with Crippen LogP contribution in [-0.2, 0) is 0 Å². The van der Waals surface area contributed by atoms with E-state index in [-0.39, 0.29) is 5.69 Å². The molecule has 0 aliphatic heterocycles. The van der Waals surface area contributed by atoms with Gasteiger partial charge in [-0.3, -0.25) is 15.1 Å². The van der Waals surface area contributed by atoms with Crippen LogP contribution in [0.1, 0.15) is 0 Å². The van der Waals surface area contributed by atoms with Gasteiger partial charge in [0.05, 0.1) is 4.92 Å². The highest BCUT2D eigenvalue weighted by Crippen LogP contribution is 2.19. The number of nitro groups is 1. The van der Waals surface area contributed by atoms with Gasteiger partial charge in [0.25, 0.3) is 5.69 Å². The number of pyridine rings is 1. The van der Waals surface area contributed by atoms with Gasteiger partial charge >= 0.3 is 0 Å². The first kappa shape index (κ1) is 7.67. The van der Waals surface area contributed by atoms with Gasteiger partial charge in [0.15, 0.2) is 0 Å². The molecule has 64 valence electrons. The summed E-state index contributed by atoms with van der Waals surface area (Å²) in [6.45, 7) is 0. The summed E-state index contributed by atoms with van der Waals surface area (Å²) in [5.41, 5.74) is 0.110. The molecule has 0 spiro atoms. The molecule has 0 amide bonds. The Labute approximate surface area is 74.0 Å². The number of fused-ring (bicyclic) bond motifs is 1. The zero-order valence-electron chi connectivity index (χ0n) is 6.68. The molecule has 1 aromatic carbocycles. The molecule has 0 fully saturated rings. The molecule has 0 N–H and O–H groups in total. The standard InChI is InChI=1S/C9H6N2O2/c12-11(13)9-2-1-8-6-10-4-3-7(8)5-9/h1-6H. The topological polar surface area (TPSA) is 56.0 Å². The van der Waals surface area contributed by atoms with E-state index in [0.717, 1.165) is 10.8 Å². The van der Waals surface area contributed by atoms with E-state index < -0.39 is 4.92 Å². The zero-order valence-corrected chi connectivity index (χ0v) is 6.68. The number of nitrogens with zero attached hydrogens (tertiary/aromatic N) is 2. The predicted octanol–water partition coefficient (Wildman–Crippen LogP) is 2.14. The molecule has 0 saturated heterocycles. The summed E-state index contributed by atoms with van der Waals surface area (Å²) in [4.78, 5) is 13.9. The van der Waals surface area contributed by atoms with Crippen LogP contribution in [0.3, 0.4) is 0 Å². The van der Waals surface area contributed by atoms with Crippen molar-refractivity contribution in [1.82, 2.24) is 4.98 Å². The molecule has 0 unspecified atom stereocenters. The molecule has 0 bridgehead atoms. The SMILES string of the molecule is O=[N+]([O-])c1ccc2cnccc2c1. The van der Waals surface area contributed by atoms with Crippen molar-refractivity contribution in [1.29, 1.82) is 0 Å². The normalized spacial score (nSPS) is 10.2.